The zero-order valence-corrected chi connectivity index (χ0v) is 10.0. The van der Waals surface area contributed by atoms with E-state index in [1.807, 2.05) is 0 Å². The van der Waals surface area contributed by atoms with Crippen LogP contribution in [0.5, 0.6) is 5.75 Å². The Bertz CT molecular complexity index is 652. The molecule has 1 N–H and O–H groups in total. The van der Waals surface area contributed by atoms with Crippen molar-refractivity contribution in [3.8, 4) is 16.9 Å². The summed E-state index contributed by atoms with van der Waals surface area (Å²) in [5.41, 5.74) is 0.362. The lowest BCUT2D eigenvalue weighted by Crippen LogP contribution is -2.17. The Labute approximate surface area is 110 Å². The van der Waals surface area contributed by atoms with Crippen LogP contribution in [0.2, 0.25) is 5.15 Å². The summed E-state index contributed by atoms with van der Waals surface area (Å²) in [6.45, 7) is 0. The van der Waals surface area contributed by atoms with Crippen molar-refractivity contribution in [3.63, 3.8) is 0 Å². The fourth-order valence-corrected chi connectivity index (χ4v) is 1.76. The SMILES string of the molecule is O=c1cc(-c2cccc(OC(F)(F)F)c2)cc(Cl)[nH]1. The number of ether oxygens (including phenoxy) is 1. The van der Waals surface area contributed by atoms with E-state index in [1.54, 1.807) is 6.07 Å². The van der Waals surface area contributed by atoms with Crippen LogP contribution in [0.1, 0.15) is 0 Å². The van der Waals surface area contributed by atoms with E-state index in [-0.39, 0.29) is 10.9 Å². The van der Waals surface area contributed by atoms with Crippen molar-refractivity contribution in [2.45, 2.75) is 6.36 Å². The zero-order valence-electron chi connectivity index (χ0n) is 9.29. The summed E-state index contributed by atoms with van der Waals surface area (Å²) in [7, 11) is 0. The molecular formula is C12H7ClF3NO2. The van der Waals surface area contributed by atoms with Gasteiger partial charge in [0.1, 0.15) is 10.9 Å². The van der Waals surface area contributed by atoms with Gasteiger partial charge in [-0.2, -0.15) is 0 Å². The van der Waals surface area contributed by atoms with Crippen LogP contribution in [0.4, 0.5) is 13.2 Å². The number of alkyl halides is 3. The predicted molar refractivity (Wildman–Crippen MR) is 64.2 cm³/mol. The van der Waals surface area contributed by atoms with E-state index in [4.69, 9.17) is 11.6 Å². The molecule has 0 amide bonds. The molecule has 2 rings (SSSR count). The van der Waals surface area contributed by atoms with Crippen LogP contribution >= 0.6 is 11.6 Å². The van der Waals surface area contributed by atoms with Gasteiger partial charge in [0.25, 0.3) is 0 Å². The van der Waals surface area contributed by atoms with Crippen molar-refractivity contribution in [3.05, 3.63) is 51.9 Å². The van der Waals surface area contributed by atoms with Crippen LogP contribution in [-0.2, 0) is 0 Å². The minimum absolute atomic E-state index is 0.102. The second-order valence-corrected chi connectivity index (χ2v) is 4.06. The Morgan fingerprint density at radius 1 is 1.11 bits per heavy atom. The predicted octanol–water partition coefficient (Wildman–Crippen LogP) is 3.59. The molecule has 19 heavy (non-hydrogen) atoms. The molecular weight excluding hydrogens is 283 g/mol. The molecule has 0 aliphatic carbocycles. The number of rotatable bonds is 2. The van der Waals surface area contributed by atoms with Gasteiger partial charge in [-0.05, 0) is 29.3 Å². The van der Waals surface area contributed by atoms with E-state index in [2.05, 4.69) is 9.72 Å². The molecule has 1 aromatic heterocycles. The second-order valence-electron chi connectivity index (χ2n) is 3.66. The Morgan fingerprint density at radius 3 is 2.47 bits per heavy atom. The maximum atomic E-state index is 12.1. The fraction of sp³-hybridized carbons (Fsp3) is 0.0833. The first-order chi connectivity index (χ1) is 8.83. The van der Waals surface area contributed by atoms with E-state index in [1.165, 1.54) is 30.3 Å². The van der Waals surface area contributed by atoms with Gasteiger partial charge >= 0.3 is 6.36 Å². The standard InChI is InChI=1S/C12H7ClF3NO2/c13-10-5-8(6-11(18)17-10)7-2-1-3-9(4-7)19-12(14,15)16/h1-6H,(H,17,18). The summed E-state index contributed by atoms with van der Waals surface area (Å²) >= 11 is 5.68. The summed E-state index contributed by atoms with van der Waals surface area (Å²) in [4.78, 5) is 13.6. The van der Waals surface area contributed by atoms with Crippen molar-refractivity contribution in [2.24, 2.45) is 0 Å². The molecule has 2 aromatic rings. The summed E-state index contributed by atoms with van der Waals surface area (Å²) < 4.78 is 40.1. The van der Waals surface area contributed by atoms with Crippen molar-refractivity contribution in [1.29, 1.82) is 0 Å². The van der Waals surface area contributed by atoms with Gasteiger partial charge in [0.2, 0.25) is 5.56 Å². The smallest absolute Gasteiger partial charge is 0.406 e. The number of aromatic amines is 1. The molecule has 0 spiro atoms. The third kappa shape index (κ3) is 3.75. The van der Waals surface area contributed by atoms with Crippen LogP contribution in [0.15, 0.2) is 41.2 Å². The van der Waals surface area contributed by atoms with Crippen LogP contribution in [-0.4, -0.2) is 11.3 Å². The second kappa shape index (κ2) is 4.97. The Kier molecular flexibility index (Phi) is 3.53. The summed E-state index contributed by atoms with van der Waals surface area (Å²) in [5.74, 6) is -0.360. The van der Waals surface area contributed by atoms with Gasteiger partial charge in [-0.25, -0.2) is 0 Å². The minimum Gasteiger partial charge on any atom is -0.406 e. The normalized spacial score (nSPS) is 11.4. The summed E-state index contributed by atoms with van der Waals surface area (Å²) in [6.07, 6.45) is -4.76. The highest BCUT2D eigenvalue weighted by molar-refractivity contribution is 6.29. The van der Waals surface area contributed by atoms with E-state index in [0.717, 1.165) is 0 Å². The maximum Gasteiger partial charge on any atom is 0.573 e. The number of pyridine rings is 1. The van der Waals surface area contributed by atoms with Gasteiger partial charge in [0.05, 0.1) is 0 Å². The Balaban J connectivity index is 2.40. The van der Waals surface area contributed by atoms with E-state index >= 15 is 0 Å². The molecule has 3 nitrogen and oxygen atoms in total. The highest BCUT2D eigenvalue weighted by Crippen LogP contribution is 2.28. The molecule has 0 saturated heterocycles. The Morgan fingerprint density at radius 2 is 1.84 bits per heavy atom. The Hall–Kier alpha value is -1.95. The van der Waals surface area contributed by atoms with Gasteiger partial charge in [-0.3, -0.25) is 4.79 Å². The average Bonchev–Trinajstić information content (AvgIpc) is 2.25. The fourth-order valence-electron chi connectivity index (χ4n) is 1.55. The number of hydrogen-bond acceptors (Lipinski definition) is 2. The first-order valence-corrected chi connectivity index (χ1v) is 5.47. The number of hydrogen-bond donors (Lipinski definition) is 1. The lowest BCUT2D eigenvalue weighted by molar-refractivity contribution is -0.274. The molecule has 100 valence electrons. The minimum atomic E-state index is -4.76. The first-order valence-electron chi connectivity index (χ1n) is 5.09. The number of aromatic nitrogens is 1. The number of H-pyrrole nitrogens is 1. The largest absolute Gasteiger partial charge is 0.573 e. The summed E-state index contributed by atoms with van der Waals surface area (Å²) in [5, 5.41) is 0.102. The average molecular weight is 290 g/mol. The highest BCUT2D eigenvalue weighted by atomic mass is 35.5. The summed E-state index contributed by atoms with van der Waals surface area (Å²) in [6, 6.07) is 7.97. The third-order valence-electron chi connectivity index (χ3n) is 2.21. The monoisotopic (exact) mass is 289 g/mol. The van der Waals surface area contributed by atoms with Gasteiger partial charge in [-0.15, -0.1) is 13.2 Å². The maximum absolute atomic E-state index is 12.1. The van der Waals surface area contributed by atoms with Crippen LogP contribution in [0.25, 0.3) is 11.1 Å². The molecule has 0 saturated carbocycles. The van der Waals surface area contributed by atoms with Crippen molar-refractivity contribution >= 4 is 11.6 Å². The first kappa shape index (κ1) is 13.5. The molecule has 0 bridgehead atoms. The van der Waals surface area contributed by atoms with Crippen molar-refractivity contribution in [1.82, 2.24) is 4.98 Å². The molecule has 0 unspecified atom stereocenters. The van der Waals surface area contributed by atoms with Crippen LogP contribution in [0.3, 0.4) is 0 Å². The number of nitrogens with one attached hydrogen (secondary N) is 1. The quantitative estimate of drug-likeness (QED) is 0.858. The molecule has 0 aliphatic rings. The number of benzene rings is 1. The molecule has 0 fully saturated rings. The highest BCUT2D eigenvalue weighted by Gasteiger charge is 2.31. The van der Waals surface area contributed by atoms with Crippen LogP contribution in [0, 0.1) is 0 Å². The molecule has 1 heterocycles. The van der Waals surface area contributed by atoms with Gasteiger partial charge in [0.15, 0.2) is 0 Å². The van der Waals surface area contributed by atoms with Gasteiger partial charge in [0, 0.05) is 6.07 Å². The third-order valence-corrected chi connectivity index (χ3v) is 2.42. The molecule has 0 aliphatic heterocycles. The molecule has 7 heteroatoms. The zero-order chi connectivity index (χ0) is 14.0. The van der Waals surface area contributed by atoms with Crippen LogP contribution < -0.4 is 10.3 Å². The van der Waals surface area contributed by atoms with E-state index in [0.29, 0.717) is 11.1 Å². The topological polar surface area (TPSA) is 42.1 Å². The lowest BCUT2D eigenvalue weighted by Gasteiger charge is -2.10. The lowest BCUT2D eigenvalue weighted by atomic mass is 10.1. The van der Waals surface area contributed by atoms with Gasteiger partial charge in [-0.1, -0.05) is 23.7 Å². The van der Waals surface area contributed by atoms with E-state index < -0.39 is 11.9 Å². The number of halogens is 4. The van der Waals surface area contributed by atoms with Gasteiger partial charge < -0.3 is 9.72 Å². The molecule has 0 atom stereocenters. The molecule has 1 aromatic carbocycles. The van der Waals surface area contributed by atoms with Crippen molar-refractivity contribution in [2.75, 3.05) is 0 Å². The molecule has 0 radical (unpaired) electrons. The van der Waals surface area contributed by atoms with E-state index in [9.17, 15) is 18.0 Å². The van der Waals surface area contributed by atoms with Crippen molar-refractivity contribution < 1.29 is 17.9 Å².